The number of nitrogens with zero attached hydrogens (tertiary/aromatic N) is 7. The molecule has 16 nitrogen and oxygen atoms in total. The number of Topliss-reactive ketones (excluding diaryl/α,β-unsaturated/α-hetero) is 1. The number of likely N-dealkylation sites (tertiary alicyclic amines) is 1. The third-order valence-electron chi connectivity index (χ3n) is 11.9. The van der Waals surface area contributed by atoms with E-state index in [0.29, 0.717) is 65.3 Å². The second-order valence-electron chi connectivity index (χ2n) is 15.8. The number of fused-ring (bicyclic) bond motifs is 2. The van der Waals surface area contributed by atoms with E-state index >= 15 is 0 Å². The van der Waals surface area contributed by atoms with Crippen LogP contribution in [0.4, 0.5) is 17.5 Å². The molecule has 2 aromatic heterocycles. The van der Waals surface area contributed by atoms with Crippen LogP contribution in [0.15, 0.2) is 53.5 Å². The normalized spacial score (nSPS) is 20.1. The Morgan fingerprint density at radius 2 is 1.83 bits per heavy atom. The van der Waals surface area contributed by atoms with Gasteiger partial charge in [0.25, 0.3) is 11.5 Å². The molecule has 0 spiro atoms. The molecule has 3 fully saturated rings. The number of ketones is 1. The molecule has 17 heteroatoms. The van der Waals surface area contributed by atoms with Crippen LogP contribution >= 0.6 is 11.6 Å². The lowest BCUT2D eigenvalue weighted by molar-refractivity contribution is -0.137. The molecular weight excluding hydrogens is 778 g/mol. The molecule has 0 saturated carbocycles. The number of hydrogen-bond donors (Lipinski definition) is 2. The van der Waals surface area contributed by atoms with Gasteiger partial charge < -0.3 is 29.2 Å². The predicted molar refractivity (Wildman–Crippen MR) is 222 cm³/mol. The minimum Gasteiger partial charge on any atom is -0.492 e. The summed E-state index contributed by atoms with van der Waals surface area (Å²) in [5.74, 6) is 0.808. The van der Waals surface area contributed by atoms with Gasteiger partial charge in [0.1, 0.15) is 30.0 Å². The number of rotatable bonds is 13. The first-order valence-corrected chi connectivity index (χ1v) is 20.4. The maximum absolute atomic E-state index is 13.0. The quantitative estimate of drug-likeness (QED) is 0.188. The summed E-state index contributed by atoms with van der Waals surface area (Å²) in [6.07, 6.45) is 5.25. The number of ether oxygens (including phenoxy) is 2. The predicted octanol–water partition coefficient (Wildman–Crippen LogP) is 3.51. The fourth-order valence-electron chi connectivity index (χ4n) is 8.57. The number of likely N-dealkylation sites (N-methyl/N-ethyl adjacent to an activating group) is 1. The van der Waals surface area contributed by atoms with Gasteiger partial charge in [-0.2, -0.15) is 4.98 Å². The highest BCUT2D eigenvalue weighted by Crippen LogP contribution is 2.32. The number of carbonyl (C=O) groups excluding carboxylic acids is 4. The molecule has 59 heavy (non-hydrogen) atoms. The summed E-state index contributed by atoms with van der Waals surface area (Å²) < 4.78 is 13.1. The van der Waals surface area contributed by atoms with Crippen molar-refractivity contribution in [2.24, 2.45) is 7.05 Å². The summed E-state index contributed by atoms with van der Waals surface area (Å²) in [5.41, 5.74) is 2.52. The largest absolute Gasteiger partial charge is 0.492 e. The summed E-state index contributed by atoms with van der Waals surface area (Å²) in [7, 11) is 3.81. The lowest BCUT2D eigenvalue weighted by Gasteiger charge is -2.37. The highest BCUT2D eigenvalue weighted by molar-refractivity contribution is 6.33. The number of benzene rings is 2. The third kappa shape index (κ3) is 8.61. The van der Waals surface area contributed by atoms with Crippen molar-refractivity contribution in [2.75, 3.05) is 63.2 Å². The van der Waals surface area contributed by atoms with E-state index in [2.05, 4.69) is 37.4 Å². The lowest BCUT2D eigenvalue weighted by Crippen LogP contribution is -2.52. The minimum absolute atomic E-state index is 0.108. The van der Waals surface area contributed by atoms with Gasteiger partial charge in [0.2, 0.25) is 17.8 Å². The van der Waals surface area contributed by atoms with Crippen LogP contribution in [-0.4, -0.2) is 124 Å². The number of pyridine rings is 1. The highest BCUT2D eigenvalue weighted by atomic mass is 35.5. The molecule has 2 unspecified atom stereocenters. The molecular formula is C42H48ClN9O7. The van der Waals surface area contributed by atoms with Gasteiger partial charge in [0.05, 0.1) is 11.7 Å². The van der Waals surface area contributed by atoms with E-state index in [-0.39, 0.29) is 41.9 Å². The van der Waals surface area contributed by atoms with E-state index in [1.165, 1.54) is 11.5 Å². The number of anilines is 3. The molecule has 310 valence electrons. The lowest BCUT2D eigenvalue weighted by atomic mass is 10.0. The Balaban J connectivity index is 0.807. The first kappa shape index (κ1) is 40.2. The molecule has 4 aliphatic heterocycles. The van der Waals surface area contributed by atoms with Crippen molar-refractivity contribution in [1.29, 1.82) is 0 Å². The third-order valence-corrected chi connectivity index (χ3v) is 12.2. The fourth-order valence-corrected chi connectivity index (χ4v) is 8.71. The Bertz CT molecular complexity index is 2360. The van der Waals surface area contributed by atoms with Gasteiger partial charge in [-0.25, -0.2) is 4.98 Å². The van der Waals surface area contributed by atoms with E-state index in [9.17, 15) is 24.0 Å². The molecule has 0 aliphatic carbocycles. The number of piperidine rings is 2. The van der Waals surface area contributed by atoms with Gasteiger partial charge in [0.15, 0.2) is 17.4 Å². The maximum atomic E-state index is 13.0. The van der Waals surface area contributed by atoms with Gasteiger partial charge in [-0.05, 0) is 87.7 Å². The zero-order valence-electron chi connectivity index (χ0n) is 33.4. The number of aromatic nitrogens is 3. The average Bonchev–Trinajstić information content (AvgIpc) is 3.84. The van der Waals surface area contributed by atoms with Gasteiger partial charge in [-0.3, -0.25) is 39.1 Å². The van der Waals surface area contributed by atoms with Crippen molar-refractivity contribution in [3.05, 3.63) is 75.2 Å². The van der Waals surface area contributed by atoms with Gasteiger partial charge in [-0.1, -0.05) is 11.6 Å². The van der Waals surface area contributed by atoms with Crippen LogP contribution in [0.3, 0.4) is 0 Å². The maximum Gasteiger partial charge on any atom is 0.293 e. The molecule has 4 aliphatic rings. The van der Waals surface area contributed by atoms with Crippen molar-refractivity contribution in [2.45, 2.75) is 63.7 Å². The Morgan fingerprint density at radius 1 is 1.02 bits per heavy atom. The average molecular weight is 826 g/mol. The van der Waals surface area contributed by atoms with E-state index in [0.717, 1.165) is 68.6 Å². The Hall–Kier alpha value is -5.58. The molecule has 2 N–H and O–H groups in total. The van der Waals surface area contributed by atoms with Crippen LogP contribution in [0.2, 0.25) is 5.02 Å². The molecule has 0 radical (unpaired) electrons. The number of imide groups is 1. The van der Waals surface area contributed by atoms with Gasteiger partial charge >= 0.3 is 0 Å². The van der Waals surface area contributed by atoms with Crippen molar-refractivity contribution in [3.8, 4) is 11.5 Å². The van der Waals surface area contributed by atoms with Gasteiger partial charge in [0, 0.05) is 81.5 Å². The monoisotopic (exact) mass is 825 g/mol. The van der Waals surface area contributed by atoms with Crippen molar-refractivity contribution in [3.63, 3.8) is 0 Å². The smallest absolute Gasteiger partial charge is 0.293 e. The summed E-state index contributed by atoms with van der Waals surface area (Å²) in [5, 5.41) is 6.80. The number of hydrogen-bond acceptors (Lipinski definition) is 13. The van der Waals surface area contributed by atoms with Crippen molar-refractivity contribution in [1.82, 2.24) is 34.6 Å². The standard InChI is InChI=1S/C42H48ClN9O7/c1-25(53)24-59-36-20-26-18-28(4-7-34(26)49(3)41(36)57)45-38-33(43)21-44-42(47-38)50-13-10-29(11-14-50)51-15-12-30(23-51)48(2)16-17-58-31-5-6-32-27(19-31)22-52(40(32)56)35-8-9-37(54)46-39(35)55/h4-7,18-21,29-30,35H,8-17,22-24H2,1-3H3,(H,44,45,47)(H,46,54,55). The molecule has 2 atom stereocenters. The summed E-state index contributed by atoms with van der Waals surface area (Å²) in [4.78, 5) is 79.3. The number of nitrogens with one attached hydrogen (secondary N) is 2. The van der Waals surface area contributed by atoms with Gasteiger partial charge in [-0.15, -0.1) is 0 Å². The number of carbonyl (C=O) groups is 4. The van der Waals surface area contributed by atoms with Crippen LogP contribution in [0, 0.1) is 0 Å². The number of amides is 3. The topological polar surface area (TPSA) is 172 Å². The van der Waals surface area contributed by atoms with E-state index < -0.39 is 11.9 Å². The second-order valence-corrected chi connectivity index (χ2v) is 16.2. The Kier molecular flexibility index (Phi) is 11.6. The zero-order chi connectivity index (χ0) is 41.4. The highest BCUT2D eigenvalue weighted by Gasteiger charge is 2.39. The van der Waals surface area contributed by atoms with Crippen LogP contribution < -0.4 is 30.6 Å². The fraction of sp³-hybridized carbons (Fsp3) is 0.452. The summed E-state index contributed by atoms with van der Waals surface area (Å²) in [6.45, 7) is 6.50. The molecule has 2 aromatic carbocycles. The van der Waals surface area contributed by atoms with Crippen LogP contribution in [0.5, 0.6) is 11.5 Å². The number of aryl methyl sites for hydroxylation is 1. The zero-order valence-corrected chi connectivity index (χ0v) is 34.2. The Labute approximate surface area is 346 Å². The molecule has 3 saturated heterocycles. The van der Waals surface area contributed by atoms with Crippen LogP contribution in [-0.2, 0) is 28.0 Å². The van der Waals surface area contributed by atoms with Crippen LogP contribution in [0.1, 0.15) is 54.9 Å². The number of halogens is 1. The first-order valence-electron chi connectivity index (χ1n) is 20.1. The first-order chi connectivity index (χ1) is 28.4. The van der Waals surface area contributed by atoms with E-state index in [1.807, 2.05) is 30.3 Å². The molecule has 0 bridgehead atoms. The van der Waals surface area contributed by atoms with Crippen molar-refractivity contribution >= 4 is 63.5 Å². The minimum atomic E-state index is -0.639. The molecule has 4 aromatic rings. The van der Waals surface area contributed by atoms with Crippen molar-refractivity contribution < 1.29 is 28.7 Å². The second kappa shape index (κ2) is 17.0. The molecule has 8 rings (SSSR count). The van der Waals surface area contributed by atoms with Crippen LogP contribution in [0.25, 0.3) is 10.9 Å². The molecule has 6 heterocycles. The van der Waals surface area contributed by atoms with E-state index in [4.69, 9.17) is 26.1 Å². The van der Waals surface area contributed by atoms with E-state index in [1.54, 1.807) is 30.3 Å². The SMILES string of the molecule is CC(=O)COc1cc2cc(Nc3nc(N4CCC(N5CCC(N(C)CCOc6ccc7c(c6)CN(C6CCC(=O)NC6=O)C7=O)C5)CC4)ncc3Cl)ccc2n(C)c1=O. The summed E-state index contributed by atoms with van der Waals surface area (Å²) >= 11 is 6.56. The Morgan fingerprint density at radius 3 is 2.61 bits per heavy atom. The summed E-state index contributed by atoms with van der Waals surface area (Å²) in [6, 6.07) is 12.9. The molecule has 3 amide bonds.